The maximum Gasteiger partial charge on any atom is 0.254 e. The molecule has 0 N–H and O–H groups in total. The third-order valence-corrected chi connectivity index (χ3v) is 4.74. The standard InChI is InChI=1S/C23H26N2O3/c1-15(2)25(23(26)18-7-6-8-20(12-18)27-5)14-19-13-22(28-24-19)21-10-9-16(3)11-17(21)4/h6-13,15H,14H2,1-5H3. The Balaban J connectivity index is 1.83. The van der Waals surface area contributed by atoms with Crippen molar-refractivity contribution in [3.63, 3.8) is 0 Å². The molecule has 0 spiro atoms. The zero-order valence-electron chi connectivity index (χ0n) is 17.0. The van der Waals surface area contributed by atoms with Crippen LogP contribution in [-0.2, 0) is 6.54 Å². The van der Waals surface area contributed by atoms with Crippen LogP contribution >= 0.6 is 0 Å². The quantitative estimate of drug-likeness (QED) is 0.604. The van der Waals surface area contributed by atoms with Gasteiger partial charge in [-0.3, -0.25) is 4.79 Å². The summed E-state index contributed by atoms with van der Waals surface area (Å²) in [5, 5.41) is 4.19. The number of nitrogens with zero attached hydrogens (tertiary/aromatic N) is 2. The van der Waals surface area contributed by atoms with E-state index in [1.165, 1.54) is 5.56 Å². The fourth-order valence-corrected chi connectivity index (χ4v) is 3.19. The normalized spacial score (nSPS) is 10.9. The molecule has 5 nitrogen and oxygen atoms in total. The van der Waals surface area contributed by atoms with Crippen molar-refractivity contribution in [2.75, 3.05) is 7.11 Å². The van der Waals surface area contributed by atoms with Crippen LogP contribution in [0.4, 0.5) is 0 Å². The summed E-state index contributed by atoms with van der Waals surface area (Å²) in [4.78, 5) is 14.8. The van der Waals surface area contributed by atoms with Crippen molar-refractivity contribution in [3.05, 3.63) is 70.9 Å². The van der Waals surface area contributed by atoms with Gasteiger partial charge in [-0.15, -0.1) is 0 Å². The first-order valence-corrected chi connectivity index (χ1v) is 9.37. The number of methoxy groups -OCH3 is 1. The Bertz CT molecular complexity index is 975. The van der Waals surface area contributed by atoms with E-state index in [2.05, 4.69) is 31.1 Å². The summed E-state index contributed by atoms with van der Waals surface area (Å²) in [7, 11) is 1.59. The molecule has 0 aliphatic rings. The van der Waals surface area contributed by atoms with Crippen LogP contribution in [0.5, 0.6) is 5.75 Å². The molecular weight excluding hydrogens is 352 g/mol. The number of amides is 1. The number of rotatable bonds is 6. The summed E-state index contributed by atoms with van der Waals surface area (Å²) >= 11 is 0. The molecule has 146 valence electrons. The molecule has 0 fully saturated rings. The van der Waals surface area contributed by atoms with E-state index in [1.807, 2.05) is 38.1 Å². The van der Waals surface area contributed by atoms with Crippen LogP contribution in [0.3, 0.4) is 0 Å². The summed E-state index contributed by atoms with van der Waals surface area (Å²) in [5.41, 5.74) is 4.66. The Morgan fingerprint density at radius 3 is 2.61 bits per heavy atom. The van der Waals surface area contributed by atoms with E-state index >= 15 is 0 Å². The Labute approximate surface area is 165 Å². The van der Waals surface area contributed by atoms with E-state index in [1.54, 1.807) is 24.1 Å². The van der Waals surface area contributed by atoms with Gasteiger partial charge in [-0.05, 0) is 51.5 Å². The van der Waals surface area contributed by atoms with Crippen LogP contribution in [-0.4, -0.2) is 29.1 Å². The lowest BCUT2D eigenvalue weighted by Gasteiger charge is -2.26. The van der Waals surface area contributed by atoms with Crippen LogP contribution in [0.15, 0.2) is 53.1 Å². The number of ether oxygens (including phenoxy) is 1. The van der Waals surface area contributed by atoms with E-state index < -0.39 is 0 Å². The molecule has 1 amide bonds. The largest absolute Gasteiger partial charge is 0.497 e. The van der Waals surface area contributed by atoms with Crippen LogP contribution in [0.1, 0.15) is 41.0 Å². The van der Waals surface area contributed by atoms with Gasteiger partial charge in [0.25, 0.3) is 5.91 Å². The van der Waals surface area contributed by atoms with Gasteiger partial charge >= 0.3 is 0 Å². The fraction of sp³-hybridized carbons (Fsp3) is 0.304. The Morgan fingerprint density at radius 2 is 1.93 bits per heavy atom. The minimum absolute atomic E-state index is 0.0139. The van der Waals surface area contributed by atoms with E-state index in [0.717, 1.165) is 16.8 Å². The maximum atomic E-state index is 13.0. The number of aromatic nitrogens is 1. The van der Waals surface area contributed by atoms with Crippen molar-refractivity contribution >= 4 is 5.91 Å². The lowest BCUT2D eigenvalue weighted by molar-refractivity contribution is 0.0685. The van der Waals surface area contributed by atoms with Crippen molar-refractivity contribution in [3.8, 4) is 17.1 Å². The number of benzene rings is 2. The minimum Gasteiger partial charge on any atom is -0.497 e. The zero-order valence-corrected chi connectivity index (χ0v) is 17.0. The third-order valence-electron chi connectivity index (χ3n) is 4.74. The number of carbonyl (C=O) groups excluding carboxylic acids is 1. The lowest BCUT2D eigenvalue weighted by atomic mass is 10.0. The highest BCUT2D eigenvalue weighted by molar-refractivity contribution is 5.94. The highest BCUT2D eigenvalue weighted by atomic mass is 16.5. The summed E-state index contributed by atoms with van der Waals surface area (Å²) in [6.45, 7) is 8.47. The van der Waals surface area contributed by atoms with E-state index in [4.69, 9.17) is 9.26 Å². The van der Waals surface area contributed by atoms with Crippen LogP contribution in [0, 0.1) is 13.8 Å². The number of aryl methyl sites for hydroxylation is 2. The van der Waals surface area contributed by atoms with Gasteiger partial charge in [-0.1, -0.05) is 35.0 Å². The summed E-state index contributed by atoms with van der Waals surface area (Å²) in [5.74, 6) is 1.31. The maximum absolute atomic E-state index is 13.0. The predicted octanol–water partition coefficient (Wildman–Crippen LogP) is 5.02. The van der Waals surface area contributed by atoms with Gasteiger partial charge in [0.2, 0.25) is 0 Å². The van der Waals surface area contributed by atoms with E-state index in [9.17, 15) is 4.79 Å². The molecule has 0 radical (unpaired) electrons. The first kappa shape index (κ1) is 19.7. The van der Waals surface area contributed by atoms with Gasteiger partial charge in [0, 0.05) is 23.2 Å². The molecule has 0 bridgehead atoms. The van der Waals surface area contributed by atoms with Gasteiger partial charge in [0.1, 0.15) is 11.4 Å². The smallest absolute Gasteiger partial charge is 0.254 e. The Morgan fingerprint density at radius 1 is 1.14 bits per heavy atom. The molecule has 5 heteroatoms. The zero-order chi connectivity index (χ0) is 20.3. The lowest BCUT2D eigenvalue weighted by Crippen LogP contribution is -2.36. The molecule has 0 unspecified atom stereocenters. The van der Waals surface area contributed by atoms with Gasteiger partial charge < -0.3 is 14.2 Å². The van der Waals surface area contributed by atoms with Crippen molar-refractivity contribution in [2.45, 2.75) is 40.3 Å². The van der Waals surface area contributed by atoms with Crippen molar-refractivity contribution in [1.82, 2.24) is 10.1 Å². The predicted molar refractivity (Wildman–Crippen MR) is 109 cm³/mol. The SMILES string of the molecule is COc1cccc(C(=O)N(Cc2cc(-c3ccc(C)cc3C)on2)C(C)C)c1. The minimum atomic E-state index is -0.0648. The van der Waals surface area contributed by atoms with Gasteiger partial charge in [0.05, 0.1) is 13.7 Å². The highest BCUT2D eigenvalue weighted by Crippen LogP contribution is 2.26. The summed E-state index contributed by atoms with van der Waals surface area (Å²) < 4.78 is 10.8. The summed E-state index contributed by atoms with van der Waals surface area (Å²) in [6, 6.07) is 15.3. The molecular formula is C23H26N2O3. The molecule has 1 heterocycles. The highest BCUT2D eigenvalue weighted by Gasteiger charge is 2.21. The van der Waals surface area contributed by atoms with Gasteiger partial charge in [-0.2, -0.15) is 0 Å². The molecule has 0 saturated heterocycles. The van der Waals surface area contributed by atoms with Crippen LogP contribution in [0.2, 0.25) is 0 Å². The number of hydrogen-bond acceptors (Lipinski definition) is 4. The van der Waals surface area contributed by atoms with Crippen LogP contribution < -0.4 is 4.74 Å². The topological polar surface area (TPSA) is 55.6 Å². The van der Waals surface area contributed by atoms with Crippen LogP contribution in [0.25, 0.3) is 11.3 Å². The van der Waals surface area contributed by atoms with Crippen molar-refractivity contribution in [2.24, 2.45) is 0 Å². The number of carbonyl (C=O) groups is 1. The van der Waals surface area contributed by atoms with E-state index in [-0.39, 0.29) is 11.9 Å². The molecule has 2 aromatic carbocycles. The summed E-state index contributed by atoms with van der Waals surface area (Å²) in [6.07, 6.45) is 0. The molecule has 0 saturated carbocycles. The van der Waals surface area contributed by atoms with Crippen molar-refractivity contribution < 1.29 is 14.1 Å². The first-order valence-electron chi connectivity index (χ1n) is 9.37. The van der Waals surface area contributed by atoms with Crippen molar-refractivity contribution in [1.29, 1.82) is 0 Å². The molecule has 0 aliphatic heterocycles. The fourth-order valence-electron chi connectivity index (χ4n) is 3.19. The first-order chi connectivity index (χ1) is 13.4. The molecule has 1 aromatic heterocycles. The molecule has 3 aromatic rings. The molecule has 3 rings (SSSR count). The second kappa shape index (κ2) is 8.30. The average molecular weight is 378 g/mol. The monoisotopic (exact) mass is 378 g/mol. The molecule has 0 atom stereocenters. The van der Waals surface area contributed by atoms with Gasteiger partial charge in [0.15, 0.2) is 5.76 Å². The average Bonchev–Trinajstić information content (AvgIpc) is 3.13. The Kier molecular flexibility index (Phi) is 5.83. The second-order valence-electron chi connectivity index (χ2n) is 7.26. The van der Waals surface area contributed by atoms with E-state index in [0.29, 0.717) is 23.6 Å². The second-order valence-corrected chi connectivity index (χ2v) is 7.26. The molecule has 28 heavy (non-hydrogen) atoms. The molecule has 0 aliphatic carbocycles. The number of hydrogen-bond donors (Lipinski definition) is 0. The Hall–Kier alpha value is -3.08. The third kappa shape index (κ3) is 4.25. The van der Waals surface area contributed by atoms with Gasteiger partial charge in [-0.25, -0.2) is 0 Å².